The molecule has 0 amide bonds. The lowest BCUT2D eigenvalue weighted by molar-refractivity contribution is 0.240. The second kappa shape index (κ2) is 8.18. The number of methoxy groups -OCH3 is 1. The molecule has 0 N–H and O–H groups in total. The number of benzene rings is 1. The highest BCUT2D eigenvalue weighted by molar-refractivity contribution is 5.41. The van der Waals surface area contributed by atoms with Crippen molar-refractivity contribution < 1.29 is 4.74 Å². The van der Waals surface area contributed by atoms with Crippen LogP contribution in [0.4, 0.5) is 5.82 Å². The van der Waals surface area contributed by atoms with Crippen molar-refractivity contribution in [1.82, 2.24) is 24.4 Å². The Hall–Kier alpha value is -2.93. The van der Waals surface area contributed by atoms with Crippen LogP contribution in [0.5, 0.6) is 5.88 Å². The van der Waals surface area contributed by atoms with E-state index in [1.54, 1.807) is 13.4 Å². The number of aromatic nitrogens is 4. The molecule has 1 fully saturated rings. The standard InChI is InChI=1S/C20H24N6O/c1-27-20-13-18(22-16-23-20)25-11-9-24(10-12-25)15-19-21-7-8-26(19)14-17-5-3-2-4-6-17/h2-8,13,16H,9-12,14-15H2,1H3. The largest absolute Gasteiger partial charge is 0.481 e. The molecule has 2 aromatic heterocycles. The van der Waals surface area contributed by atoms with Gasteiger partial charge in [-0.3, -0.25) is 4.90 Å². The number of hydrogen-bond acceptors (Lipinski definition) is 6. The molecule has 3 heterocycles. The molecule has 7 nitrogen and oxygen atoms in total. The maximum absolute atomic E-state index is 5.20. The minimum absolute atomic E-state index is 0.602. The van der Waals surface area contributed by atoms with Gasteiger partial charge < -0.3 is 14.2 Å². The highest BCUT2D eigenvalue weighted by atomic mass is 16.5. The fraction of sp³-hybridized carbons (Fsp3) is 0.350. The summed E-state index contributed by atoms with van der Waals surface area (Å²) in [6.45, 7) is 5.53. The van der Waals surface area contributed by atoms with Gasteiger partial charge in [0.1, 0.15) is 18.0 Å². The third-order valence-electron chi connectivity index (χ3n) is 4.90. The molecule has 1 saturated heterocycles. The Kier molecular flexibility index (Phi) is 5.29. The molecule has 0 saturated carbocycles. The van der Waals surface area contributed by atoms with Crippen LogP contribution in [0.2, 0.25) is 0 Å². The van der Waals surface area contributed by atoms with Crippen molar-refractivity contribution in [3.05, 3.63) is 66.5 Å². The van der Waals surface area contributed by atoms with Crippen LogP contribution in [0.1, 0.15) is 11.4 Å². The van der Waals surface area contributed by atoms with Gasteiger partial charge in [-0.25, -0.2) is 15.0 Å². The molecule has 4 rings (SSSR count). The molecule has 0 radical (unpaired) electrons. The molecule has 1 aliphatic rings. The van der Waals surface area contributed by atoms with Gasteiger partial charge in [-0.05, 0) is 5.56 Å². The molecule has 3 aromatic rings. The second-order valence-corrected chi connectivity index (χ2v) is 6.64. The Morgan fingerprint density at radius 1 is 0.963 bits per heavy atom. The zero-order valence-corrected chi connectivity index (χ0v) is 15.5. The third-order valence-corrected chi connectivity index (χ3v) is 4.90. The summed E-state index contributed by atoms with van der Waals surface area (Å²) in [7, 11) is 1.63. The zero-order valence-electron chi connectivity index (χ0n) is 15.5. The molecule has 1 aliphatic heterocycles. The van der Waals surface area contributed by atoms with E-state index in [4.69, 9.17) is 4.74 Å². The van der Waals surface area contributed by atoms with Gasteiger partial charge in [0.15, 0.2) is 0 Å². The highest BCUT2D eigenvalue weighted by Crippen LogP contribution is 2.18. The topological polar surface area (TPSA) is 59.3 Å². The highest BCUT2D eigenvalue weighted by Gasteiger charge is 2.20. The smallest absolute Gasteiger partial charge is 0.218 e. The summed E-state index contributed by atoms with van der Waals surface area (Å²) in [5.74, 6) is 2.63. The van der Waals surface area contributed by atoms with E-state index in [0.29, 0.717) is 5.88 Å². The van der Waals surface area contributed by atoms with Crippen LogP contribution in [-0.4, -0.2) is 57.7 Å². The van der Waals surface area contributed by atoms with Crippen LogP contribution in [0.3, 0.4) is 0 Å². The maximum Gasteiger partial charge on any atom is 0.218 e. The van der Waals surface area contributed by atoms with E-state index >= 15 is 0 Å². The van der Waals surface area contributed by atoms with Crippen molar-refractivity contribution >= 4 is 5.82 Å². The molecule has 0 atom stereocenters. The summed E-state index contributed by atoms with van der Waals surface area (Å²) in [5, 5.41) is 0. The molecule has 27 heavy (non-hydrogen) atoms. The lowest BCUT2D eigenvalue weighted by atomic mass is 10.2. The van der Waals surface area contributed by atoms with Gasteiger partial charge in [-0.2, -0.15) is 0 Å². The Morgan fingerprint density at radius 2 is 1.78 bits per heavy atom. The van der Waals surface area contributed by atoms with E-state index < -0.39 is 0 Å². The Balaban J connectivity index is 1.35. The van der Waals surface area contributed by atoms with Crippen LogP contribution in [0.25, 0.3) is 0 Å². The monoisotopic (exact) mass is 364 g/mol. The minimum Gasteiger partial charge on any atom is -0.481 e. The van der Waals surface area contributed by atoms with E-state index in [0.717, 1.165) is 50.9 Å². The van der Waals surface area contributed by atoms with Gasteiger partial charge in [0.25, 0.3) is 0 Å². The first-order valence-electron chi connectivity index (χ1n) is 9.19. The van der Waals surface area contributed by atoms with Crippen molar-refractivity contribution in [2.24, 2.45) is 0 Å². The molecule has 0 bridgehead atoms. The summed E-state index contributed by atoms with van der Waals surface area (Å²) in [6, 6.07) is 12.4. The number of ether oxygens (including phenoxy) is 1. The number of imidazole rings is 1. The molecule has 0 aliphatic carbocycles. The fourth-order valence-corrected chi connectivity index (χ4v) is 3.37. The third kappa shape index (κ3) is 4.25. The van der Waals surface area contributed by atoms with Crippen molar-refractivity contribution in [3.8, 4) is 5.88 Å². The minimum atomic E-state index is 0.602. The van der Waals surface area contributed by atoms with Crippen LogP contribution in [0.15, 0.2) is 55.1 Å². The fourth-order valence-electron chi connectivity index (χ4n) is 3.37. The zero-order chi connectivity index (χ0) is 18.5. The second-order valence-electron chi connectivity index (χ2n) is 6.64. The average Bonchev–Trinajstić information content (AvgIpc) is 3.16. The van der Waals surface area contributed by atoms with Crippen LogP contribution in [-0.2, 0) is 13.1 Å². The van der Waals surface area contributed by atoms with Crippen molar-refractivity contribution in [2.45, 2.75) is 13.1 Å². The van der Waals surface area contributed by atoms with Crippen molar-refractivity contribution in [2.75, 3.05) is 38.2 Å². The quantitative estimate of drug-likeness (QED) is 0.667. The lowest BCUT2D eigenvalue weighted by Crippen LogP contribution is -2.46. The first-order valence-corrected chi connectivity index (χ1v) is 9.19. The van der Waals surface area contributed by atoms with Crippen LogP contribution < -0.4 is 9.64 Å². The number of piperazine rings is 1. The van der Waals surface area contributed by atoms with E-state index in [-0.39, 0.29) is 0 Å². The van der Waals surface area contributed by atoms with E-state index in [2.05, 4.69) is 59.8 Å². The SMILES string of the molecule is COc1cc(N2CCN(Cc3nccn3Cc3ccccc3)CC2)ncn1. The number of hydrogen-bond donors (Lipinski definition) is 0. The lowest BCUT2D eigenvalue weighted by Gasteiger charge is -2.35. The maximum atomic E-state index is 5.20. The molecule has 140 valence electrons. The summed E-state index contributed by atoms with van der Waals surface area (Å²) in [4.78, 5) is 17.7. The summed E-state index contributed by atoms with van der Waals surface area (Å²) in [5.41, 5.74) is 1.29. The molecule has 1 aromatic carbocycles. The van der Waals surface area contributed by atoms with Gasteiger partial charge >= 0.3 is 0 Å². The average molecular weight is 364 g/mol. The summed E-state index contributed by atoms with van der Waals surface area (Å²) >= 11 is 0. The molecule has 0 spiro atoms. The van der Waals surface area contributed by atoms with Gasteiger partial charge in [-0.15, -0.1) is 0 Å². The predicted molar refractivity (Wildman–Crippen MR) is 104 cm³/mol. The molecule has 0 unspecified atom stereocenters. The van der Waals surface area contributed by atoms with Crippen molar-refractivity contribution in [1.29, 1.82) is 0 Å². The first kappa shape index (κ1) is 17.5. The Morgan fingerprint density at radius 3 is 2.56 bits per heavy atom. The van der Waals surface area contributed by atoms with Crippen LogP contribution in [0, 0.1) is 0 Å². The Labute approximate surface area is 159 Å². The first-order chi connectivity index (χ1) is 13.3. The molecular weight excluding hydrogens is 340 g/mol. The Bertz CT molecular complexity index is 858. The van der Waals surface area contributed by atoms with Gasteiger partial charge in [0.05, 0.1) is 13.7 Å². The van der Waals surface area contributed by atoms with E-state index in [1.807, 2.05) is 18.3 Å². The van der Waals surface area contributed by atoms with Crippen molar-refractivity contribution in [3.63, 3.8) is 0 Å². The number of nitrogens with zero attached hydrogens (tertiary/aromatic N) is 6. The number of anilines is 1. The van der Waals surface area contributed by atoms with Crippen LogP contribution >= 0.6 is 0 Å². The molecular formula is C20H24N6O. The normalized spacial score (nSPS) is 15.1. The van der Waals surface area contributed by atoms with Gasteiger partial charge in [0.2, 0.25) is 5.88 Å². The van der Waals surface area contributed by atoms with Gasteiger partial charge in [-0.1, -0.05) is 30.3 Å². The van der Waals surface area contributed by atoms with Gasteiger partial charge in [0, 0.05) is 51.2 Å². The van der Waals surface area contributed by atoms with E-state index in [9.17, 15) is 0 Å². The predicted octanol–water partition coefficient (Wildman–Crippen LogP) is 2.05. The number of rotatable bonds is 6. The van der Waals surface area contributed by atoms with E-state index in [1.165, 1.54) is 5.56 Å². The molecule has 7 heteroatoms. The summed E-state index contributed by atoms with van der Waals surface area (Å²) < 4.78 is 7.43. The summed E-state index contributed by atoms with van der Waals surface area (Å²) in [6.07, 6.45) is 5.51.